The van der Waals surface area contributed by atoms with Gasteiger partial charge in [-0.1, -0.05) is 30.0 Å². The summed E-state index contributed by atoms with van der Waals surface area (Å²) in [5.41, 5.74) is 4.01. The second-order valence-electron chi connectivity index (χ2n) is 8.39. The van der Waals surface area contributed by atoms with Crippen LogP contribution in [0.1, 0.15) is 29.5 Å². The van der Waals surface area contributed by atoms with E-state index < -0.39 is 0 Å². The van der Waals surface area contributed by atoms with Crippen LogP contribution in [0.25, 0.3) is 5.69 Å². The van der Waals surface area contributed by atoms with Crippen molar-refractivity contribution >= 4 is 17.7 Å². The number of hydrogen-bond donors (Lipinski definition) is 1. The van der Waals surface area contributed by atoms with Crippen LogP contribution in [0.15, 0.2) is 60.0 Å². The lowest BCUT2D eigenvalue weighted by Gasteiger charge is -2.38. The summed E-state index contributed by atoms with van der Waals surface area (Å²) in [4.78, 5) is 17.1. The van der Waals surface area contributed by atoms with Gasteiger partial charge in [0, 0.05) is 43.3 Å². The minimum Gasteiger partial charge on any atom is -0.381 e. The average molecular weight is 454 g/mol. The number of ether oxygens (including phenoxy) is 1. The molecule has 4 rings (SSSR count). The molecule has 32 heavy (non-hydrogen) atoms. The van der Waals surface area contributed by atoms with E-state index in [1.165, 1.54) is 29.0 Å². The van der Waals surface area contributed by atoms with Crippen LogP contribution in [-0.2, 0) is 14.9 Å². The predicted octanol–water partition coefficient (Wildman–Crippen LogP) is 4.58. The summed E-state index contributed by atoms with van der Waals surface area (Å²) < 4.78 is 21.4. The quantitative estimate of drug-likeness (QED) is 0.532. The molecule has 2 aromatic carbocycles. The predicted molar refractivity (Wildman–Crippen MR) is 125 cm³/mol. The monoisotopic (exact) mass is 453 g/mol. The Morgan fingerprint density at radius 2 is 1.94 bits per heavy atom. The Morgan fingerprint density at radius 1 is 1.19 bits per heavy atom. The Kier molecular flexibility index (Phi) is 6.96. The van der Waals surface area contributed by atoms with Crippen molar-refractivity contribution in [2.24, 2.45) is 0 Å². The van der Waals surface area contributed by atoms with Gasteiger partial charge in [-0.05, 0) is 67.6 Å². The van der Waals surface area contributed by atoms with Crippen LogP contribution in [0.2, 0.25) is 0 Å². The van der Waals surface area contributed by atoms with Gasteiger partial charge in [-0.2, -0.15) is 0 Å². The molecule has 0 saturated carbocycles. The van der Waals surface area contributed by atoms with Crippen LogP contribution in [0.5, 0.6) is 0 Å². The smallest absolute Gasteiger partial charge is 0.230 e. The normalized spacial score (nSPS) is 15.5. The Labute approximate surface area is 192 Å². The molecule has 0 spiro atoms. The zero-order valence-corrected chi connectivity index (χ0v) is 19.3. The summed E-state index contributed by atoms with van der Waals surface area (Å²) in [5.74, 6) is -0.0573. The van der Waals surface area contributed by atoms with Gasteiger partial charge in [0.2, 0.25) is 5.91 Å². The molecule has 0 bridgehead atoms. The van der Waals surface area contributed by atoms with Gasteiger partial charge >= 0.3 is 0 Å². The fourth-order valence-corrected chi connectivity index (χ4v) is 5.08. The van der Waals surface area contributed by atoms with E-state index in [4.69, 9.17) is 4.74 Å². The van der Waals surface area contributed by atoms with Gasteiger partial charge in [0.1, 0.15) is 5.82 Å². The number of benzene rings is 2. The molecule has 168 valence electrons. The highest BCUT2D eigenvalue weighted by Gasteiger charge is 2.35. The molecular formula is C25H28FN3O2S. The maximum absolute atomic E-state index is 13.9. The van der Waals surface area contributed by atoms with E-state index in [2.05, 4.69) is 42.3 Å². The third-order valence-electron chi connectivity index (χ3n) is 5.93. The summed E-state index contributed by atoms with van der Waals surface area (Å²) in [6, 6.07) is 13.0. The average Bonchev–Trinajstić information content (AvgIpc) is 3.25. The Balaban J connectivity index is 1.41. The molecule has 3 aromatic rings. The number of rotatable bonds is 7. The number of carbonyl (C=O) groups excluding carboxylic acids is 1. The molecule has 0 unspecified atom stereocenters. The van der Waals surface area contributed by atoms with E-state index in [0.29, 0.717) is 19.8 Å². The lowest BCUT2D eigenvalue weighted by molar-refractivity contribution is -0.119. The fourth-order valence-electron chi connectivity index (χ4n) is 4.28. The minimum atomic E-state index is -0.307. The van der Waals surface area contributed by atoms with Crippen LogP contribution >= 0.6 is 11.8 Å². The first-order chi connectivity index (χ1) is 15.4. The molecule has 7 heteroatoms. The largest absolute Gasteiger partial charge is 0.381 e. The topological polar surface area (TPSA) is 56.2 Å². The highest BCUT2D eigenvalue weighted by Crippen LogP contribution is 2.34. The first-order valence-corrected chi connectivity index (χ1v) is 11.8. The number of aryl methyl sites for hydroxylation is 2. The van der Waals surface area contributed by atoms with Gasteiger partial charge in [-0.15, -0.1) is 0 Å². The lowest BCUT2D eigenvalue weighted by Crippen LogP contribution is -2.45. The number of aromatic nitrogens is 2. The molecule has 5 nitrogen and oxygen atoms in total. The number of nitrogens with zero attached hydrogens (tertiary/aromatic N) is 2. The zero-order chi connectivity index (χ0) is 22.6. The van der Waals surface area contributed by atoms with Crippen LogP contribution in [0, 0.1) is 19.7 Å². The lowest BCUT2D eigenvalue weighted by atomic mass is 9.74. The summed E-state index contributed by atoms with van der Waals surface area (Å²) in [5, 5.41) is 3.85. The number of amides is 1. The third kappa shape index (κ3) is 5.22. The van der Waals surface area contributed by atoms with E-state index in [1.54, 1.807) is 18.3 Å². The molecule has 1 aliphatic heterocycles. The van der Waals surface area contributed by atoms with Gasteiger partial charge in [-0.25, -0.2) is 9.37 Å². The molecule has 1 aliphatic rings. The van der Waals surface area contributed by atoms with Gasteiger partial charge in [0.25, 0.3) is 0 Å². The highest BCUT2D eigenvalue weighted by molar-refractivity contribution is 7.99. The number of nitrogens with one attached hydrogen (secondary N) is 1. The third-order valence-corrected chi connectivity index (χ3v) is 6.90. The number of halogens is 1. The number of carbonyl (C=O) groups is 1. The molecule has 1 saturated heterocycles. The Morgan fingerprint density at radius 3 is 2.66 bits per heavy atom. The molecule has 1 amide bonds. The second-order valence-corrected chi connectivity index (χ2v) is 9.34. The molecule has 0 radical (unpaired) electrons. The molecule has 0 atom stereocenters. The molecule has 1 fully saturated rings. The number of imidazole rings is 1. The first kappa shape index (κ1) is 22.6. The van der Waals surface area contributed by atoms with E-state index in [0.717, 1.165) is 29.2 Å². The van der Waals surface area contributed by atoms with Crippen molar-refractivity contribution in [2.45, 2.75) is 37.3 Å². The fraction of sp³-hybridized carbons (Fsp3) is 0.360. The molecule has 0 aliphatic carbocycles. The van der Waals surface area contributed by atoms with Crippen molar-refractivity contribution in [3.63, 3.8) is 0 Å². The van der Waals surface area contributed by atoms with Gasteiger partial charge in [-0.3, -0.25) is 9.36 Å². The van der Waals surface area contributed by atoms with E-state index in [1.807, 2.05) is 16.8 Å². The maximum Gasteiger partial charge on any atom is 0.230 e. The Bertz CT molecular complexity index is 1070. The van der Waals surface area contributed by atoms with Crippen molar-refractivity contribution in [3.8, 4) is 5.69 Å². The van der Waals surface area contributed by atoms with Crippen molar-refractivity contribution in [1.82, 2.24) is 14.9 Å². The van der Waals surface area contributed by atoms with Gasteiger partial charge in [0.05, 0.1) is 5.75 Å². The molecule has 1 N–H and O–H groups in total. The SMILES string of the molecule is Cc1cc(C)cc(-n2ccnc2SCC(=O)NCC2(c3cccc(F)c3)CCOCC2)c1. The standard InChI is InChI=1S/C25H28FN3O2S/c1-18-12-19(2)14-22(13-18)29-9-8-27-24(29)32-16-23(30)28-17-25(6-10-31-11-7-25)20-4-3-5-21(26)15-20/h3-5,8-9,12-15H,6-7,10-11,16-17H2,1-2H3,(H,28,30). The molecule has 1 aromatic heterocycles. The van der Waals surface area contributed by atoms with Crippen LogP contribution in [0.4, 0.5) is 4.39 Å². The maximum atomic E-state index is 13.9. The summed E-state index contributed by atoms with van der Waals surface area (Å²) in [6.45, 7) is 5.81. The number of thioether (sulfide) groups is 1. The van der Waals surface area contributed by atoms with Crippen molar-refractivity contribution in [2.75, 3.05) is 25.5 Å². The summed E-state index contributed by atoms with van der Waals surface area (Å²) in [6.07, 6.45) is 5.16. The molecule has 2 heterocycles. The zero-order valence-electron chi connectivity index (χ0n) is 18.4. The van der Waals surface area contributed by atoms with Gasteiger partial charge in [0.15, 0.2) is 5.16 Å². The van der Waals surface area contributed by atoms with E-state index in [-0.39, 0.29) is 22.9 Å². The van der Waals surface area contributed by atoms with Crippen LogP contribution in [-0.4, -0.2) is 41.0 Å². The van der Waals surface area contributed by atoms with Crippen molar-refractivity contribution < 1.29 is 13.9 Å². The van der Waals surface area contributed by atoms with Crippen LogP contribution in [0.3, 0.4) is 0 Å². The highest BCUT2D eigenvalue weighted by atomic mass is 32.2. The minimum absolute atomic E-state index is 0.0627. The number of hydrogen-bond acceptors (Lipinski definition) is 4. The van der Waals surface area contributed by atoms with E-state index in [9.17, 15) is 9.18 Å². The van der Waals surface area contributed by atoms with Gasteiger partial charge < -0.3 is 10.1 Å². The second kappa shape index (κ2) is 9.88. The summed E-state index contributed by atoms with van der Waals surface area (Å²) in [7, 11) is 0. The van der Waals surface area contributed by atoms with Crippen molar-refractivity contribution in [1.29, 1.82) is 0 Å². The van der Waals surface area contributed by atoms with Crippen molar-refractivity contribution in [3.05, 3.63) is 77.4 Å². The summed E-state index contributed by atoms with van der Waals surface area (Å²) >= 11 is 1.41. The Hall–Kier alpha value is -2.64. The van der Waals surface area contributed by atoms with E-state index >= 15 is 0 Å². The first-order valence-electron chi connectivity index (χ1n) is 10.8. The van der Waals surface area contributed by atoms with Crippen LogP contribution < -0.4 is 5.32 Å². The molecular weight excluding hydrogens is 425 g/mol.